The topological polar surface area (TPSA) is 429 Å². The number of imidazole rings is 4. The van der Waals surface area contributed by atoms with Crippen LogP contribution in [0.15, 0.2) is 37.7 Å². The number of anilines is 4. The van der Waals surface area contributed by atoms with Gasteiger partial charge in [0.05, 0.1) is 61.0 Å². The van der Waals surface area contributed by atoms with E-state index in [1.807, 2.05) is 63.3 Å². The minimum atomic E-state index is -4.08. The number of aliphatic hydroxyl groups is 4. The van der Waals surface area contributed by atoms with Crippen LogP contribution < -0.4 is 21.3 Å². The molecule has 5 fully saturated rings. The van der Waals surface area contributed by atoms with Gasteiger partial charge in [-0.15, -0.1) is 20.4 Å². The molecule has 2 aliphatic heterocycles. The lowest BCUT2D eigenvalue weighted by atomic mass is 9.70. The summed E-state index contributed by atoms with van der Waals surface area (Å²) in [6, 6.07) is -0.0247. The number of fused-ring (bicyclic) bond motifs is 4. The van der Waals surface area contributed by atoms with Crippen LogP contribution in [0.3, 0.4) is 0 Å². The molecule has 35 heteroatoms. The van der Waals surface area contributed by atoms with Gasteiger partial charge in [0.15, 0.2) is 58.6 Å². The molecule has 10 atom stereocenters. The molecule has 466 valence electrons. The summed E-state index contributed by atoms with van der Waals surface area (Å²) in [4.78, 5) is 52.4. The highest BCUT2D eigenvalue weighted by molar-refractivity contribution is 7.85. The number of ketones is 1. The van der Waals surface area contributed by atoms with E-state index in [2.05, 4.69) is 62.1 Å². The molecule has 0 aromatic carbocycles. The lowest BCUT2D eigenvalue weighted by molar-refractivity contribution is -0.128. The van der Waals surface area contributed by atoms with E-state index in [4.69, 9.17) is 43.9 Å². The van der Waals surface area contributed by atoms with Crippen LogP contribution in [0, 0.1) is 16.7 Å². The zero-order valence-corrected chi connectivity index (χ0v) is 49.7. The Morgan fingerprint density at radius 3 is 1.47 bits per heavy atom. The van der Waals surface area contributed by atoms with Crippen LogP contribution in [0.1, 0.15) is 120 Å². The molecule has 13 rings (SSSR count). The second-order valence-electron chi connectivity index (χ2n) is 23.6. The Morgan fingerprint density at radius 1 is 0.644 bits per heavy atom. The summed E-state index contributed by atoms with van der Waals surface area (Å²) in [5, 5.41) is 83.5. The standard InChI is InChI=1S/C42H56N24O6.C10H16O4S/c1-5-65-57-35(55-59-65)31-27(67)29(69)39(71-31)63-19-47-25-33(51-41(53-37(25)63)43-13-11-23-15-61(3)17-45-23)49-21-7-9-22(10-8-21)50-34-26-38(54-42(52-34)44-14-12-24-16-62(4)18-46-24)64(20-48-26)40-30(70)28(68)32(72-40)36-56-60-66(6-2)58-36;1-9(2)7-3-4-10(9,8(11)5-7)6-15(12,13)14/h15-22,27-32,39-40,67-70H,5-14H2,1-4H3,(H2,43,49,51,53)(H2,44,50,52,54);7H,3-6H2,1-2H3,(H,12,13,14)/t21?,22?,27-,28-,29+,30+,31-,32-,39+,40+;7-,10-/m00/s1. The monoisotopic (exact) mass is 1220 g/mol. The van der Waals surface area contributed by atoms with Crippen LogP contribution in [0.2, 0.25) is 0 Å². The Bertz CT molecular complexity index is 3670. The van der Waals surface area contributed by atoms with E-state index in [1.165, 1.54) is 22.2 Å². The third-order valence-electron chi connectivity index (χ3n) is 17.7. The number of ether oxygens (including phenoxy) is 2. The molecule has 0 amide bonds. The molecule has 8 aromatic heterocycles. The van der Waals surface area contributed by atoms with Crippen molar-refractivity contribution in [3.63, 3.8) is 0 Å². The predicted octanol–water partition coefficient (Wildman–Crippen LogP) is 0.844. The maximum absolute atomic E-state index is 11.9. The highest BCUT2D eigenvalue weighted by Crippen LogP contribution is 2.64. The van der Waals surface area contributed by atoms with Crippen molar-refractivity contribution in [1.29, 1.82) is 0 Å². The zero-order chi connectivity index (χ0) is 61.1. The van der Waals surface area contributed by atoms with Gasteiger partial charge in [0.1, 0.15) is 30.2 Å². The van der Waals surface area contributed by atoms with E-state index < -0.39 is 70.4 Å². The molecule has 2 saturated heterocycles. The molecule has 10 heterocycles. The van der Waals surface area contributed by atoms with Crippen molar-refractivity contribution in [2.75, 3.05) is 40.1 Å². The smallest absolute Gasteiger partial charge is 0.265 e. The highest BCUT2D eigenvalue weighted by Gasteiger charge is 2.65. The van der Waals surface area contributed by atoms with Crippen molar-refractivity contribution in [3.05, 3.63) is 60.7 Å². The molecule has 2 bridgehead atoms. The number of Topliss-reactive ketones (excluding diaryl/α,β-unsaturated/α-hetero) is 1. The summed E-state index contributed by atoms with van der Waals surface area (Å²) in [5.41, 5.74) is 2.35. The summed E-state index contributed by atoms with van der Waals surface area (Å²) in [5.74, 6) is 1.85. The van der Waals surface area contributed by atoms with Gasteiger partial charge in [0, 0.05) is 70.9 Å². The fraction of sp³-hybridized carbons (Fsp3) is 0.635. The van der Waals surface area contributed by atoms with Crippen LogP contribution in [0.4, 0.5) is 23.5 Å². The number of tetrazole rings is 2. The maximum atomic E-state index is 11.9. The van der Waals surface area contributed by atoms with Crippen molar-refractivity contribution in [3.8, 4) is 0 Å². The largest absolute Gasteiger partial charge is 0.387 e. The number of carbonyl (C=O) groups excluding carboxylic acids is 1. The molecule has 5 aliphatic rings. The average Bonchev–Trinajstić information content (AvgIpc) is 1.58. The Balaban J connectivity index is 0.000000429. The van der Waals surface area contributed by atoms with E-state index in [9.17, 15) is 33.6 Å². The number of aliphatic hydroxyl groups excluding tert-OH is 4. The van der Waals surface area contributed by atoms with Gasteiger partial charge >= 0.3 is 0 Å². The summed E-state index contributed by atoms with van der Waals surface area (Å²) in [6.45, 7) is 9.54. The van der Waals surface area contributed by atoms with Gasteiger partial charge in [-0.25, -0.2) is 19.9 Å². The second-order valence-corrected chi connectivity index (χ2v) is 25.1. The van der Waals surface area contributed by atoms with Gasteiger partial charge < -0.3 is 60.3 Å². The number of hydrogen-bond acceptors (Lipinski definition) is 27. The Morgan fingerprint density at radius 2 is 1.10 bits per heavy atom. The van der Waals surface area contributed by atoms with Crippen molar-refractivity contribution in [1.82, 2.24) is 98.6 Å². The average molecular weight is 1230 g/mol. The van der Waals surface area contributed by atoms with Crippen molar-refractivity contribution in [2.24, 2.45) is 30.8 Å². The molecule has 34 nitrogen and oxygen atoms in total. The summed E-state index contributed by atoms with van der Waals surface area (Å²) in [7, 11) is -0.241. The van der Waals surface area contributed by atoms with Gasteiger partial charge in [-0.1, -0.05) is 13.8 Å². The van der Waals surface area contributed by atoms with Crippen molar-refractivity contribution in [2.45, 2.75) is 160 Å². The first-order valence-corrected chi connectivity index (χ1v) is 30.8. The number of nitrogens with one attached hydrogen (secondary N) is 4. The number of carbonyl (C=O) groups is 1. The van der Waals surface area contributed by atoms with Gasteiger partial charge in [0.2, 0.25) is 23.5 Å². The Hall–Kier alpha value is -7.80. The first kappa shape index (κ1) is 59.5. The Labute approximate surface area is 497 Å². The molecule has 8 aromatic rings. The summed E-state index contributed by atoms with van der Waals surface area (Å²) < 4.78 is 50.4. The van der Waals surface area contributed by atoms with Crippen LogP contribution >= 0.6 is 0 Å². The fourth-order valence-electron chi connectivity index (χ4n) is 12.8. The molecule has 0 radical (unpaired) electrons. The third kappa shape index (κ3) is 11.7. The van der Waals surface area contributed by atoms with Crippen LogP contribution in [-0.4, -0.2) is 193 Å². The molecule has 0 spiro atoms. The van der Waals surface area contributed by atoms with Crippen molar-refractivity contribution < 1.29 is 47.7 Å². The lowest BCUT2D eigenvalue weighted by Gasteiger charge is -2.35. The number of hydrogen-bond donors (Lipinski definition) is 9. The number of rotatable bonds is 20. The van der Waals surface area contributed by atoms with Crippen LogP contribution in [0.5, 0.6) is 0 Å². The van der Waals surface area contributed by atoms with E-state index >= 15 is 0 Å². The third-order valence-corrected chi connectivity index (χ3v) is 18.6. The molecule has 3 saturated carbocycles. The quantitative estimate of drug-likeness (QED) is 0.0477. The second kappa shape index (κ2) is 23.7. The van der Waals surface area contributed by atoms with E-state index in [0.29, 0.717) is 97.7 Å². The number of aromatic nitrogens is 20. The summed E-state index contributed by atoms with van der Waals surface area (Å²) >= 11 is 0. The molecule has 3 aliphatic carbocycles. The summed E-state index contributed by atoms with van der Waals surface area (Å²) in [6.07, 6.45) is 6.99. The SMILES string of the molecule is CC1(C)[C@H]2CC[C@]1(CS(=O)(=O)O)C(=O)C2.CCn1nnc([C@H]2O[C@@H](n3cnc4c(NC5CCC(Nc6nc(NCCc7cn(C)cn7)nc7c6ncn7[C@@H]6O[C@H](c7nnn(CC)n7)[C@@H](O)[C@H]6O)CC5)nc(NCCc5cn(C)cn5)nc43)[C@H](O)[C@@H]2O)n1. The molecule has 87 heavy (non-hydrogen) atoms. The van der Waals surface area contributed by atoms with Gasteiger partial charge in [-0.05, 0) is 74.1 Å². The zero-order valence-electron chi connectivity index (χ0n) is 48.8. The van der Waals surface area contributed by atoms with E-state index in [0.717, 1.165) is 43.5 Å². The van der Waals surface area contributed by atoms with E-state index in [1.54, 1.807) is 21.8 Å². The first-order chi connectivity index (χ1) is 41.7. The fourth-order valence-corrected chi connectivity index (χ4v) is 14.1. The predicted molar refractivity (Wildman–Crippen MR) is 306 cm³/mol. The van der Waals surface area contributed by atoms with Gasteiger partial charge in [-0.2, -0.15) is 37.9 Å². The normalized spacial score (nSPS) is 27.8. The lowest BCUT2D eigenvalue weighted by Crippen LogP contribution is -2.42. The molecular formula is C52H72N24O10S. The van der Waals surface area contributed by atoms with Gasteiger partial charge in [-0.3, -0.25) is 18.5 Å². The van der Waals surface area contributed by atoms with E-state index in [-0.39, 0.29) is 40.8 Å². The minimum absolute atomic E-state index is 0.0123. The van der Waals surface area contributed by atoms with Crippen molar-refractivity contribution >= 4 is 61.8 Å². The molecular weight excluding hydrogens is 1150 g/mol. The highest BCUT2D eigenvalue weighted by atomic mass is 32.2. The molecule has 9 N–H and O–H groups in total. The van der Waals surface area contributed by atoms with Crippen LogP contribution in [0.25, 0.3) is 22.3 Å². The molecule has 0 unspecified atom stereocenters. The van der Waals surface area contributed by atoms with Crippen LogP contribution in [-0.2, 0) is 64.4 Å². The minimum Gasteiger partial charge on any atom is -0.387 e. The first-order valence-electron chi connectivity index (χ1n) is 29.2. The maximum Gasteiger partial charge on any atom is 0.265 e. The number of nitrogens with zero attached hydrogens (tertiary/aromatic N) is 20. The number of aryl methyl sites for hydroxylation is 4. The van der Waals surface area contributed by atoms with Gasteiger partial charge in [0.25, 0.3) is 10.1 Å². The Kier molecular flexibility index (Phi) is 16.2.